The Labute approximate surface area is 173 Å². The third-order valence-electron chi connectivity index (χ3n) is 4.15. The molecule has 3 N–H and O–H groups in total. The van der Waals surface area contributed by atoms with E-state index in [9.17, 15) is 17.9 Å². The van der Waals surface area contributed by atoms with E-state index < -0.39 is 15.8 Å². The maximum absolute atomic E-state index is 14.0. The second-order valence-corrected chi connectivity index (χ2v) is 8.14. The van der Waals surface area contributed by atoms with Crippen LogP contribution < -0.4 is 14.8 Å². The number of phenolic OH excluding ortho intramolecular Hbond substituents is 1. The smallest absolute Gasteiger partial charge is 0.261 e. The molecule has 3 rings (SSSR count). The van der Waals surface area contributed by atoms with E-state index in [1.165, 1.54) is 37.4 Å². The van der Waals surface area contributed by atoms with Crippen molar-refractivity contribution >= 4 is 33.0 Å². The molecule has 3 aromatic rings. The van der Waals surface area contributed by atoms with Gasteiger partial charge in [-0.25, -0.2) is 12.8 Å². The molecule has 0 unspecified atom stereocenters. The molecular weight excluding hydrogens is 419 g/mol. The van der Waals surface area contributed by atoms with Crippen LogP contribution in [0.2, 0.25) is 5.02 Å². The molecule has 9 heteroatoms. The molecule has 0 heterocycles. The zero-order valence-electron chi connectivity index (χ0n) is 15.3. The van der Waals surface area contributed by atoms with Gasteiger partial charge in [-0.2, -0.15) is 0 Å². The maximum Gasteiger partial charge on any atom is 0.261 e. The standard InChI is InChI=1S/C20H18ClFN2O4S/c1-28-18-7-2-4-13(20(18)25)12-23-14-8-10-15(11-9-14)29(26,27)24-17-6-3-5-16(21)19(17)22/h2-11,23-25H,12H2,1H3. The Bertz CT molecular complexity index is 1120. The fourth-order valence-electron chi connectivity index (χ4n) is 2.61. The van der Waals surface area contributed by atoms with Gasteiger partial charge in [-0.3, -0.25) is 4.72 Å². The number of rotatable bonds is 7. The maximum atomic E-state index is 14.0. The second kappa shape index (κ2) is 8.59. The van der Waals surface area contributed by atoms with Gasteiger partial charge in [-0.15, -0.1) is 0 Å². The van der Waals surface area contributed by atoms with Gasteiger partial charge in [0, 0.05) is 17.8 Å². The number of nitrogens with one attached hydrogen (secondary N) is 2. The number of ether oxygens (including phenoxy) is 1. The Hall–Kier alpha value is -2.97. The summed E-state index contributed by atoms with van der Waals surface area (Å²) in [6.07, 6.45) is 0. The lowest BCUT2D eigenvalue weighted by Crippen LogP contribution is -2.14. The summed E-state index contributed by atoms with van der Waals surface area (Å²) in [6, 6.07) is 15.1. The highest BCUT2D eigenvalue weighted by Crippen LogP contribution is 2.30. The van der Waals surface area contributed by atoms with Crippen molar-refractivity contribution in [3.8, 4) is 11.5 Å². The lowest BCUT2D eigenvalue weighted by atomic mass is 10.2. The van der Waals surface area contributed by atoms with Crippen molar-refractivity contribution in [1.29, 1.82) is 0 Å². The molecule has 0 spiro atoms. The number of hydrogen-bond donors (Lipinski definition) is 3. The first-order valence-electron chi connectivity index (χ1n) is 8.47. The predicted molar refractivity (Wildman–Crippen MR) is 111 cm³/mol. The van der Waals surface area contributed by atoms with Crippen LogP contribution in [0.15, 0.2) is 65.6 Å². The molecule has 0 aliphatic rings. The SMILES string of the molecule is COc1cccc(CNc2ccc(S(=O)(=O)Nc3cccc(Cl)c3F)cc2)c1O. The van der Waals surface area contributed by atoms with Crippen LogP contribution >= 0.6 is 11.6 Å². The van der Waals surface area contributed by atoms with Crippen LogP contribution in [0.25, 0.3) is 0 Å². The molecule has 0 fully saturated rings. The summed E-state index contributed by atoms with van der Waals surface area (Å²) < 4.78 is 46.2. The van der Waals surface area contributed by atoms with E-state index in [1.54, 1.807) is 30.3 Å². The monoisotopic (exact) mass is 436 g/mol. The molecule has 29 heavy (non-hydrogen) atoms. The highest BCUT2D eigenvalue weighted by molar-refractivity contribution is 7.92. The molecule has 0 bridgehead atoms. The van der Waals surface area contributed by atoms with Crippen molar-refractivity contribution in [2.45, 2.75) is 11.4 Å². The van der Waals surface area contributed by atoms with E-state index in [1.807, 2.05) is 0 Å². The normalized spacial score (nSPS) is 11.1. The number of sulfonamides is 1. The van der Waals surface area contributed by atoms with Crippen LogP contribution in [0.4, 0.5) is 15.8 Å². The first-order valence-corrected chi connectivity index (χ1v) is 10.3. The van der Waals surface area contributed by atoms with Crippen LogP contribution in [0.3, 0.4) is 0 Å². The number of halogens is 2. The van der Waals surface area contributed by atoms with Gasteiger partial charge in [0.25, 0.3) is 10.0 Å². The van der Waals surface area contributed by atoms with E-state index in [-0.39, 0.29) is 21.4 Å². The summed E-state index contributed by atoms with van der Waals surface area (Å²) in [5, 5.41) is 13.0. The minimum absolute atomic E-state index is 0.0355. The summed E-state index contributed by atoms with van der Waals surface area (Å²) >= 11 is 5.68. The van der Waals surface area contributed by atoms with Crippen molar-refractivity contribution in [1.82, 2.24) is 0 Å². The van der Waals surface area contributed by atoms with Crippen molar-refractivity contribution < 1.29 is 22.7 Å². The van der Waals surface area contributed by atoms with Crippen LogP contribution in [0.5, 0.6) is 11.5 Å². The van der Waals surface area contributed by atoms with E-state index in [4.69, 9.17) is 16.3 Å². The molecule has 0 aliphatic carbocycles. The Balaban J connectivity index is 1.72. The number of para-hydroxylation sites is 1. The molecule has 0 saturated carbocycles. The summed E-state index contributed by atoms with van der Waals surface area (Å²) in [4.78, 5) is -0.0355. The number of anilines is 2. The average molecular weight is 437 g/mol. The Morgan fingerprint density at radius 3 is 2.45 bits per heavy atom. The number of benzene rings is 3. The van der Waals surface area contributed by atoms with Crippen LogP contribution in [-0.2, 0) is 16.6 Å². The molecule has 0 radical (unpaired) electrons. The third kappa shape index (κ3) is 4.72. The third-order valence-corrected chi connectivity index (χ3v) is 5.82. The quantitative estimate of drug-likeness (QED) is 0.503. The molecule has 0 saturated heterocycles. The molecular formula is C20H18ClFN2O4S. The second-order valence-electron chi connectivity index (χ2n) is 6.05. The summed E-state index contributed by atoms with van der Waals surface area (Å²) in [6.45, 7) is 0.307. The highest BCUT2D eigenvalue weighted by Gasteiger charge is 2.17. The van der Waals surface area contributed by atoms with Gasteiger partial charge in [0.05, 0.1) is 22.7 Å². The summed E-state index contributed by atoms with van der Waals surface area (Å²) in [7, 11) is -2.52. The molecule has 0 aromatic heterocycles. The Morgan fingerprint density at radius 1 is 1.07 bits per heavy atom. The zero-order valence-corrected chi connectivity index (χ0v) is 16.9. The molecule has 152 valence electrons. The minimum Gasteiger partial charge on any atom is -0.504 e. The first kappa shape index (κ1) is 20.8. The van der Waals surface area contributed by atoms with Gasteiger partial charge in [-0.1, -0.05) is 29.8 Å². The minimum atomic E-state index is -3.99. The fraction of sp³-hybridized carbons (Fsp3) is 0.100. The first-order chi connectivity index (χ1) is 13.8. The fourth-order valence-corrected chi connectivity index (χ4v) is 3.84. The van der Waals surface area contributed by atoms with E-state index in [0.717, 1.165) is 0 Å². The molecule has 0 aliphatic heterocycles. The topological polar surface area (TPSA) is 87.7 Å². The van der Waals surface area contributed by atoms with Crippen LogP contribution in [0.1, 0.15) is 5.56 Å². The summed E-state index contributed by atoms with van der Waals surface area (Å²) in [5.41, 5.74) is 1.03. The van der Waals surface area contributed by atoms with E-state index in [2.05, 4.69) is 10.0 Å². The zero-order chi connectivity index (χ0) is 21.0. The summed E-state index contributed by atoms with van der Waals surface area (Å²) in [5.74, 6) is -0.436. The Kier molecular flexibility index (Phi) is 6.14. The van der Waals surface area contributed by atoms with Gasteiger partial charge in [0.1, 0.15) is 0 Å². The average Bonchev–Trinajstić information content (AvgIpc) is 2.71. The number of methoxy groups -OCH3 is 1. The van der Waals surface area contributed by atoms with Crippen molar-refractivity contribution in [3.05, 3.63) is 77.1 Å². The van der Waals surface area contributed by atoms with Gasteiger partial charge in [0.2, 0.25) is 0 Å². The number of aromatic hydroxyl groups is 1. The largest absolute Gasteiger partial charge is 0.504 e. The van der Waals surface area contributed by atoms with Crippen LogP contribution in [-0.4, -0.2) is 20.6 Å². The number of phenols is 1. The van der Waals surface area contributed by atoms with Gasteiger partial charge < -0.3 is 15.2 Å². The van der Waals surface area contributed by atoms with Crippen molar-refractivity contribution in [3.63, 3.8) is 0 Å². The molecule has 0 amide bonds. The van der Waals surface area contributed by atoms with Gasteiger partial charge in [-0.05, 0) is 42.5 Å². The molecule has 6 nitrogen and oxygen atoms in total. The van der Waals surface area contributed by atoms with E-state index >= 15 is 0 Å². The van der Waals surface area contributed by atoms with Crippen LogP contribution in [0, 0.1) is 5.82 Å². The van der Waals surface area contributed by atoms with Crippen molar-refractivity contribution in [2.75, 3.05) is 17.1 Å². The van der Waals surface area contributed by atoms with Gasteiger partial charge in [0.15, 0.2) is 17.3 Å². The number of hydrogen-bond acceptors (Lipinski definition) is 5. The predicted octanol–water partition coefficient (Wildman–Crippen LogP) is 4.61. The van der Waals surface area contributed by atoms with Gasteiger partial charge >= 0.3 is 0 Å². The van der Waals surface area contributed by atoms with Crippen molar-refractivity contribution in [2.24, 2.45) is 0 Å². The Morgan fingerprint density at radius 2 is 1.76 bits per heavy atom. The molecule has 3 aromatic carbocycles. The van der Waals surface area contributed by atoms with E-state index in [0.29, 0.717) is 23.5 Å². The highest BCUT2D eigenvalue weighted by atomic mass is 35.5. The lowest BCUT2D eigenvalue weighted by Gasteiger charge is -2.12. The lowest BCUT2D eigenvalue weighted by molar-refractivity contribution is 0.371. The molecule has 0 atom stereocenters.